The van der Waals surface area contributed by atoms with E-state index < -0.39 is 47.9 Å². The van der Waals surface area contributed by atoms with Crippen LogP contribution in [0.1, 0.15) is 27.5 Å². The number of carbonyl (C=O) groups is 3. The van der Waals surface area contributed by atoms with Crippen molar-refractivity contribution in [1.29, 1.82) is 0 Å². The summed E-state index contributed by atoms with van der Waals surface area (Å²) in [5, 5.41) is 4.65. The van der Waals surface area contributed by atoms with Gasteiger partial charge in [-0.1, -0.05) is 60.7 Å². The Balaban J connectivity index is 1.69. The molecule has 0 saturated carbocycles. The maximum atomic E-state index is 13.1. The smallest absolute Gasteiger partial charge is 0.418 e. The summed E-state index contributed by atoms with van der Waals surface area (Å²) in [6.45, 7) is -0.838. The molecule has 0 heterocycles. The molecule has 170 valence electrons. The van der Waals surface area contributed by atoms with Gasteiger partial charge in [0, 0.05) is 5.56 Å². The predicted octanol–water partition coefficient (Wildman–Crippen LogP) is 4.36. The van der Waals surface area contributed by atoms with E-state index in [1.54, 1.807) is 60.7 Å². The molecule has 9 heteroatoms. The number of para-hydroxylation sites is 1. The minimum absolute atomic E-state index is 0.313. The number of hydrogen-bond acceptors (Lipinski definition) is 4. The molecule has 0 aliphatic heterocycles. The lowest BCUT2D eigenvalue weighted by Gasteiger charge is -2.18. The van der Waals surface area contributed by atoms with Crippen molar-refractivity contribution in [2.75, 3.05) is 11.9 Å². The molecule has 1 unspecified atom stereocenters. The number of esters is 1. The van der Waals surface area contributed by atoms with Gasteiger partial charge in [-0.3, -0.25) is 9.59 Å². The quantitative estimate of drug-likeness (QED) is 0.518. The fourth-order valence-corrected chi connectivity index (χ4v) is 2.97. The molecule has 0 aliphatic carbocycles. The van der Waals surface area contributed by atoms with Crippen LogP contribution in [0, 0.1) is 0 Å². The Labute approximate surface area is 187 Å². The largest absolute Gasteiger partial charge is 0.454 e. The summed E-state index contributed by atoms with van der Waals surface area (Å²) in [6.07, 6.45) is -4.67. The van der Waals surface area contributed by atoms with Crippen molar-refractivity contribution >= 4 is 23.5 Å². The predicted molar refractivity (Wildman–Crippen MR) is 114 cm³/mol. The lowest BCUT2D eigenvalue weighted by molar-refractivity contribution is -0.149. The molecule has 3 aromatic rings. The molecule has 0 aliphatic rings. The molecule has 0 bridgehead atoms. The molecule has 3 aromatic carbocycles. The molecule has 3 rings (SSSR count). The highest BCUT2D eigenvalue weighted by molar-refractivity contribution is 5.98. The summed E-state index contributed by atoms with van der Waals surface area (Å²) in [4.78, 5) is 37.4. The Morgan fingerprint density at radius 3 is 2.03 bits per heavy atom. The third-order valence-electron chi connectivity index (χ3n) is 4.53. The lowest BCUT2D eigenvalue weighted by Crippen LogP contribution is -2.36. The van der Waals surface area contributed by atoms with Gasteiger partial charge < -0.3 is 15.4 Å². The Bertz CT molecular complexity index is 1120. The van der Waals surface area contributed by atoms with Crippen LogP contribution >= 0.6 is 0 Å². The van der Waals surface area contributed by atoms with Gasteiger partial charge in [0.25, 0.3) is 11.8 Å². The fraction of sp³-hybridized carbons (Fsp3) is 0.125. The molecule has 0 aromatic heterocycles. The highest BCUT2D eigenvalue weighted by Gasteiger charge is 2.33. The molecule has 0 radical (unpaired) electrons. The number of alkyl halides is 3. The molecule has 33 heavy (non-hydrogen) atoms. The lowest BCUT2D eigenvalue weighted by atomic mass is 10.1. The molecule has 6 nitrogen and oxygen atoms in total. The molecule has 0 fully saturated rings. The van der Waals surface area contributed by atoms with Gasteiger partial charge >= 0.3 is 12.1 Å². The third-order valence-corrected chi connectivity index (χ3v) is 4.53. The Morgan fingerprint density at radius 1 is 0.818 bits per heavy atom. The van der Waals surface area contributed by atoms with Crippen molar-refractivity contribution < 1.29 is 32.3 Å². The van der Waals surface area contributed by atoms with Gasteiger partial charge in [-0.2, -0.15) is 13.2 Å². The Morgan fingerprint density at radius 2 is 1.39 bits per heavy atom. The first-order chi connectivity index (χ1) is 15.8. The summed E-state index contributed by atoms with van der Waals surface area (Å²) >= 11 is 0. The summed E-state index contributed by atoms with van der Waals surface area (Å²) in [5.74, 6) is -2.43. The molecule has 0 saturated heterocycles. The number of nitrogens with one attached hydrogen (secondary N) is 2. The van der Waals surface area contributed by atoms with Gasteiger partial charge in [-0.15, -0.1) is 0 Å². The molecular weight excluding hydrogens is 437 g/mol. The maximum Gasteiger partial charge on any atom is 0.418 e. The van der Waals surface area contributed by atoms with E-state index in [-0.39, 0.29) is 0 Å². The molecule has 1 atom stereocenters. The molecule has 2 amide bonds. The van der Waals surface area contributed by atoms with Crippen LogP contribution < -0.4 is 10.6 Å². The van der Waals surface area contributed by atoms with Gasteiger partial charge in [0.15, 0.2) is 12.6 Å². The van der Waals surface area contributed by atoms with E-state index in [1.807, 2.05) is 0 Å². The number of ether oxygens (including phenoxy) is 1. The van der Waals surface area contributed by atoms with Crippen LogP contribution in [0.25, 0.3) is 0 Å². The number of benzene rings is 3. The first-order valence-electron chi connectivity index (χ1n) is 9.79. The van der Waals surface area contributed by atoms with E-state index in [4.69, 9.17) is 4.74 Å². The van der Waals surface area contributed by atoms with E-state index in [2.05, 4.69) is 10.6 Å². The zero-order valence-corrected chi connectivity index (χ0v) is 17.1. The minimum Gasteiger partial charge on any atom is -0.454 e. The molecular formula is C24H19F3N2O4. The van der Waals surface area contributed by atoms with Gasteiger partial charge in [0.1, 0.15) is 0 Å². The van der Waals surface area contributed by atoms with Crippen molar-refractivity contribution in [3.63, 3.8) is 0 Å². The summed E-state index contributed by atoms with van der Waals surface area (Å²) in [5.41, 5.74) is -0.757. The second kappa shape index (κ2) is 10.4. The average molecular weight is 456 g/mol. The van der Waals surface area contributed by atoms with Crippen LogP contribution in [0.3, 0.4) is 0 Å². The van der Waals surface area contributed by atoms with E-state index in [0.717, 1.165) is 12.1 Å². The number of carbonyl (C=O) groups excluding carboxylic acids is 3. The average Bonchev–Trinajstić information content (AvgIpc) is 2.81. The summed E-state index contributed by atoms with van der Waals surface area (Å²) in [6, 6.07) is 19.6. The summed E-state index contributed by atoms with van der Waals surface area (Å²) in [7, 11) is 0. The van der Waals surface area contributed by atoms with Crippen molar-refractivity contribution in [3.05, 3.63) is 102 Å². The number of halogens is 3. The second-order valence-electron chi connectivity index (χ2n) is 6.88. The highest BCUT2D eigenvalue weighted by Crippen LogP contribution is 2.34. The van der Waals surface area contributed by atoms with E-state index >= 15 is 0 Å². The Kier molecular flexibility index (Phi) is 7.45. The highest BCUT2D eigenvalue weighted by atomic mass is 19.4. The Hall–Kier alpha value is -4.14. The zero-order chi connectivity index (χ0) is 23.8. The second-order valence-corrected chi connectivity index (χ2v) is 6.88. The first kappa shape index (κ1) is 23.5. The van der Waals surface area contributed by atoms with Crippen LogP contribution in [0.4, 0.5) is 18.9 Å². The normalized spacial score (nSPS) is 11.8. The SMILES string of the molecule is O=C(COC(=O)C(NC(=O)c1ccccc1)c1ccccc1)Nc1ccccc1C(F)(F)F. The van der Waals surface area contributed by atoms with Crippen LogP contribution in [0.15, 0.2) is 84.9 Å². The van der Waals surface area contributed by atoms with E-state index in [0.29, 0.717) is 11.1 Å². The van der Waals surface area contributed by atoms with Gasteiger partial charge in [-0.05, 0) is 29.8 Å². The number of anilines is 1. The molecule has 0 spiro atoms. The van der Waals surface area contributed by atoms with E-state index in [1.165, 1.54) is 12.1 Å². The van der Waals surface area contributed by atoms with Gasteiger partial charge in [0.05, 0.1) is 11.3 Å². The minimum atomic E-state index is -4.67. The van der Waals surface area contributed by atoms with Crippen molar-refractivity contribution in [1.82, 2.24) is 5.32 Å². The van der Waals surface area contributed by atoms with Crippen LogP contribution in [0.5, 0.6) is 0 Å². The summed E-state index contributed by atoms with van der Waals surface area (Å²) < 4.78 is 44.3. The maximum absolute atomic E-state index is 13.1. The number of hydrogen-bond donors (Lipinski definition) is 2. The monoisotopic (exact) mass is 456 g/mol. The topological polar surface area (TPSA) is 84.5 Å². The van der Waals surface area contributed by atoms with Gasteiger partial charge in [-0.25, -0.2) is 4.79 Å². The van der Waals surface area contributed by atoms with Crippen molar-refractivity contribution in [3.8, 4) is 0 Å². The van der Waals surface area contributed by atoms with Crippen LogP contribution in [-0.2, 0) is 20.5 Å². The van der Waals surface area contributed by atoms with Crippen molar-refractivity contribution in [2.24, 2.45) is 0 Å². The van der Waals surface area contributed by atoms with Gasteiger partial charge in [0.2, 0.25) is 0 Å². The van der Waals surface area contributed by atoms with E-state index in [9.17, 15) is 27.6 Å². The fourth-order valence-electron chi connectivity index (χ4n) is 2.97. The van der Waals surface area contributed by atoms with Crippen LogP contribution in [-0.4, -0.2) is 24.4 Å². The van der Waals surface area contributed by atoms with Crippen LogP contribution in [0.2, 0.25) is 0 Å². The number of rotatable bonds is 7. The molecule has 2 N–H and O–H groups in total. The zero-order valence-electron chi connectivity index (χ0n) is 17.1. The number of amides is 2. The standard InChI is InChI=1S/C24H19F3N2O4/c25-24(26,27)18-13-7-8-14-19(18)28-20(30)15-33-23(32)21(16-9-3-1-4-10-16)29-22(31)17-11-5-2-6-12-17/h1-14,21H,15H2,(H,28,30)(H,29,31). The van der Waals surface area contributed by atoms with Crippen molar-refractivity contribution in [2.45, 2.75) is 12.2 Å². The third kappa shape index (κ3) is 6.42. The first-order valence-corrected chi connectivity index (χ1v) is 9.79.